The fourth-order valence-corrected chi connectivity index (χ4v) is 6.86. The van der Waals surface area contributed by atoms with E-state index in [1.807, 2.05) is 0 Å². The molecule has 0 saturated heterocycles. The van der Waals surface area contributed by atoms with E-state index in [4.69, 9.17) is 4.74 Å². The molecule has 0 radical (unpaired) electrons. The zero-order valence-electron chi connectivity index (χ0n) is 25.1. The van der Waals surface area contributed by atoms with Gasteiger partial charge in [0, 0.05) is 22.5 Å². The van der Waals surface area contributed by atoms with Gasteiger partial charge in [-0.2, -0.15) is 0 Å². The Kier molecular flexibility index (Phi) is 6.17. The van der Waals surface area contributed by atoms with Crippen LogP contribution in [0.25, 0.3) is 54.9 Å². The summed E-state index contributed by atoms with van der Waals surface area (Å²) in [4.78, 5) is 2.33. The summed E-state index contributed by atoms with van der Waals surface area (Å²) < 4.78 is 7.09. The van der Waals surface area contributed by atoms with E-state index in [1.165, 1.54) is 38.2 Å². The van der Waals surface area contributed by atoms with Gasteiger partial charge in [-0.1, -0.05) is 140 Å². The van der Waals surface area contributed by atoms with Crippen molar-refractivity contribution in [3.05, 3.63) is 176 Å². The number of rotatable bonds is 4. The first-order chi connectivity index (χ1) is 22.8. The fraction of sp³-hybridized carbons (Fsp3) is 0. The summed E-state index contributed by atoms with van der Waals surface area (Å²) in [5.74, 6) is 1.69. The average Bonchev–Trinajstić information content (AvgIpc) is 3.28. The van der Waals surface area contributed by atoms with Gasteiger partial charge in [-0.05, 0) is 80.2 Å². The molecule has 9 rings (SSSR count). The van der Waals surface area contributed by atoms with Crippen molar-refractivity contribution in [1.82, 2.24) is 0 Å². The van der Waals surface area contributed by atoms with Crippen molar-refractivity contribution in [1.29, 1.82) is 0 Å². The lowest BCUT2D eigenvalue weighted by atomic mass is 9.91. The van der Waals surface area contributed by atoms with Crippen molar-refractivity contribution >= 4 is 38.6 Å². The number of para-hydroxylation sites is 1. The van der Waals surface area contributed by atoms with Gasteiger partial charge in [0.05, 0.1) is 5.69 Å². The second-order valence-corrected chi connectivity index (χ2v) is 11.7. The van der Waals surface area contributed by atoms with Crippen molar-refractivity contribution in [2.45, 2.75) is 0 Å². The minimum atomic E-state index is 0.837. The fourth-order valence-electron chi connectivity index (χ4n) is 6.86. The summed E-state index contributed by atoms with van der Waals surface area (Å²) in [6.45, 7) is 0. The molecule has 0 N–H and O–H groups in total. The number of hydrogen-bond acceptors (Lipinski definition) is 2. The Balaban J connectivity index is 1.29. The van der Waals surface area contributed by atoms with Crippen LogP contribution in [0.1, 0.15) is 0 Å². The first-order valence-electron chi connectivity index (χ1n) is 15.7. The van der Waals surface area contributed by atoms with Crippen LogP contribution >= 0.6 is 0 Å². The van der Waals surface area contributed by atoms with Gasteiger partial charge in [0.15, 0.2) is 5.75 Å². The van der Waals surface area contributed by atoms with E-state index in [-0.39, 0.29) is 0 Å². The molecule has 0 atom stereocenters. The average molecular weight is 588 g/mol. The first kappa shape index (κ1) is 26.3. The molecule has 8 aromatic carbocycles. The number of nitrogens with zero attached hydrogens (tertiary/aromatic N) is 1. The van der Waals surface area contributed by atoms with Crippen LogP contribution in [0.2, 0.25) is 0 Å². The van der Waals surface area contributed by atoms with E-state index in [1.54, 1.807) is 0 Å². The Morgan fingerprint density at radius 1 is 0.391 bits per heavy atom. The Labute approximate surface area is 268 Å². The van der Waals surface area contributed by atoms with E-state index < -0.39 is 0 Å². The highest BCUT2D eigenvalue weighted by Gasteiger charge is 2.27. The minimum Gasteiger partial charge on any atom is -0.454 e. The van der Waals surface area contributed by atoms with Crippen LogP contribution in [-0.4, -0.2) is 0 Å². The summed E-state index contributed by atoms with van der Waals surface area (Å²) in [5.41, 5.74) is 10.0. The van der Waals surface area contributed by atoms with Crippen molar-refractivity contribution < 1.29 is 4.74 Å². The highest BCUT2D eigenvalue weighted by Crippen LogP contribution is 2.54. The van der Waals surface area contributed by atoms with E-state index in [0.29, 0.717) is 0 Å². The third-order valence-corrected chi connectivity index (χ3v) is 9.05. The highest BCUT2D eigenvalue weighted by molar-refractivity contribution is 6.06. The molecule has 1 heterocycles. The van der Waals surface area contributed by atoms with Gasteiger partial charge in [-0.15, -0.1) is 0 Å². The molecule has 1 aliphatic heterocycles. The van der Waals surface area contributed by atoms with Crippen LogP contribution in [0.5, 0.6) is 11.5 Å². The lowest BCUT2D eigenvalue weighted by Gasteiger charge is -2.28. The third kappa shape index (κ3) is 4.35. The monoisotopic (exact) mass is 587 g/mol. The Hall–Kier alpha value is -6.12. The van der Waals surface area contributed by atoms with Gasteiger partial charge in [0.1, 0.15) is 5.75 Å². The van der Waals surface area contributed by atoms with Gasteiger partial charge >= 0.3 is 0 Å². The van der Waals surface area contributed by atoms with Crippen LogP contribution in [0.15, 0.2) is 176 Å². The van der Waals surface area contributed by atoms with Gasteiger partial charge in [-0.3, -0.25) is 0 Å². The number of anilines is 3. The lowest BCUT2D eigenvalue weighted by molar-refractivity contribution is 0.489. The number of ether oxygens (including phenoxy) is 1. The van der Waals surface area contributed by atoms with Crippen molar-refractivity contribution in [3.63, 3.8) is 0 Å². The predicted octanol–water partition coefficient (Wildman–Crippen LogP) is 12.6. The maximum Gasteiger partial charge on any atom is 0.159 e. The van der Waals surface area contributed by atoms with Crippen LogP contribution in [-0.2, 0) is 0 Å². The van der Waals surface area contributed by atoms with E-state index in [0.717, 1.165) is 45.3 Å². The van der Waals surface area contributed by atoms with Gasteiger partial charge in [0.25, 0.3) is 0 Å². The smallest absolute Gasteiger partial charge is 0.159 e. The molecule has 1 aliphatic rings. The predicted molar refractivity (Wildman–Crippen MR) is 193 cm³/mol. The minimum absolute atomic E-state index is 0.837. The van der Waals surface area contributed by atoms with Crippen LogP contribution in [0.4, 0.5) is 17.1 Å². The quantitative estimate of drug-likeness (QED) is 0.203. The molecule has 46 heavy (non-hydrogen) atoms. The van der Waals surface area contributed by atoms with Crippen molar-refractivity contribution in [2.75, 3.05) is 4.90 Å². The SMILES string of the molecule is c1ccc(-c2ccc(N(c3ccc4ccccc4c3)c3cccc4c3Oc3ccc5ccccc5c3-c3ccccc3-4)cc2)cc1. The Morgan fingerprint density at radius 3 is 1.87 bits per heavy atom. The highest BCUT2D eigenvalue weighted by atomic mass is 16.5. The zero-order chi connectivity index (χ0) is 30.5. The molecule has 0 saturated carbocycles. The van der Waals surface area contributed by atoms with Gasteiger partial charge in [0.2, 0.25) is 0 Å². The first-order valence-corrected chi connectivity index (χ1v) is 15.7. The second kappa shape index (κ2) is 10.8. The number of fused-ring (bicyclic) bond motifs is 8. The maximum absolute atomic E-state index is 7.09. The topological polar surface area (TPSA) is 12.5 Å². The molecule has 8 aromatic rings. The molecule has 0 fully saturated rings. The summed E-state index contributed by atoms with van der Waals surface area (Å²) in [5, 5.41) is 4.78. The molecule has 0 aliphatic carbocycles. The van der Waals surface area contributed by atoms with E-state index in [2.05, 4.69) is 181 Å². The van der Waals surface area contributed by atoms with Crippen molar-refractivity contribution in [2.24, 2.45) is 0 Å². The maximum atomic E-state index is 7.09. The molecule has 0 amide bonds. The third-order valence-electron chi connectivity index (χ3n) is 9.05. The molecule has 2 nitrogen and oxygen atoms in total. The van der Waals surface area contributed by atoms with Gasteiger partial charge < -0.3 is 9.64 Å². The van der Waals surface area contributed by atoms with Crippen LogP contribution in [0.3, 0.4) is 0 Å². The van der Waals surface area contributed by atoms with Crippen LogP contribution < -0.4 is 9.64 Å². The zero-order valence-corrected chi connectivity index (χ0v) is 25.1. The molecule has 0 spiro atoms. The molecule has 0 aromatic heterocycles. The summed E-state index contributed by atoms with van der Waals surface area (Å²) in [6.07, 6.45) is 0. The Bertz CT molecular complexity index is 2390. The summed E-state index contributed by atoms with van der Waals surface area (Å²) in [6, 6.07) is 62.6. The molecule has 0 unspecified atom stereocenters. The standard InChI is InChI=1S/C44H29NO/c1-2-11-30(12-3-1)32-21-25-35(26-22-32)45(36-27-23-31-13-4-5-15-34(31)29-36)41-20-10-19-40-38-17-8-9-18-39(38)43-37-16-7-6-14-33(37)24-28-42(43)46-44(40)41/h1-29H. The number of hydrogen-bond donors (Lipinski definition) is 0. The Morgan fingerprint density at radius 2 is 1.02 bits per heavy atom. The molecule has 2 heteroatoms. The molecular formula is C44H29NO. The normalized spacial score (nSPS) is 11.7. The lowest BCUT2D eigenvalue weighted by Crippen LogP contribution is -2.11. The summed E-state index contributed by atoms with van der Waals surface area (Å²) >= 11 is 0. The van der Waals surface area contributed by atoms with E-state index >= 15 is 0 Å². The largest absolute Gasteiger partial charge is 0.454 e. The van der Waals surface area contributed by atoms with E-state index in [9.17, 15) is 0 Å². The molecular weight excluding hydrogens is 558 g/mol. The van der Waals surface area contributed by atoms with Gasteiger partial charge in [-0.25, -0.2) is 0 Å². The molecule has 0 bridgehead atoms. The summed E-state index contributed by atoms with van der Waals surface area (Å²) in [7, 11) is 0. The second-order valence-electron chi connectivity index (χ2n) is 11.7. The van der Waals surface area contributed by atoms with Crippen LogP contribution in [0, 0.1) is 0 Å². The number of benzene rings is 8. The van der Waals surface area contributed by atoms with Crippen molar-refractivity contribution in [3.8, 4) is 44.9 Å². The molecule has 216 valence electrons.